The monoisotopic (exact) mass is 393 g/mol. The molecule has 0 aliphatic rings. The summed E-state index contributed by atoms with van der Waals surface area (Å²) in [6, 6.07) is 8.84. The van der Waals surface area contributed by atoms with Gasteiger partial charge in [-0.05, 0) is 42.5 Å². The molecule has 4 N–H and O–H groups in total. The number of halogens is 4. The lowest BCUT2D eigenvalue weighted by Gasteiger charge is -2.13. The standard InChI is InChI=1S/C15H15ClF3N3O2S/c16-13-6-1-10(15(17,18)19)9-14(13)22-8-7-21-11-2-4-12(5-3-11)25(20,23)24/h1-6,9,21-22H,7-8H2,(H2,20,23,24). The molecule has 5 nitrogen and oxygen atoms in total. The average molecular weight is 394 g/mol. The molecule has 2 rings (SSSR count). The van der Waals surface area contributed by atoms with Crippen LogP contribution in [-0.2, 0) is 16.2 Å². The van der Waals surface area contributed by atoms with Crippen LogP contribution in [0.3, 0.4) is 0 Å². The van der Waals surface area contributed by atoms with Gasteiger partial charge >= 0.3 is 6.18 Å². The van der Waals surface area contributed by atoms with E-state index >= 15 is 0 Å². The maximum Gasteiger partial charge on any atom is 0.416 e. The van der Waals surface area contributed by atoms with Crippen molar-refractivity contribution in [3.63, 3.8) is 0 Å². The van der Waals surface area contributed by atoms with Gasteiger partial charge in [0.05, 0.1) is 21.2 Å². The first-order chi connectivity index (χ1) is 11.6. The van der Waals surface area contributed by atoms with Crippen LogP contribution in [0.2, 0.25) is 5.02 Å². The summed E-state index contributed by atoms with van der Waals surface area (Å²) in [6.07, 6.45) is -4.44. The van der Waals surface area contributed by atoms with Crippen molar-refractivity contribution in [1.82, 2.24) is 0 Å². The summed E-state index contributed by atoms with van der Waals surface area (Å²) in [7, 11) is -3.75. The smallest absolute Gasteiger partial charge is 0.383 e. The molecule has 0 spiro atoms. The summed E-state index contributed by atoms with van der Waals surface area (Å²) in [5, 5.41) is 11.0. The van der Waals surface area contributed by atoms with Gasteiger partial charge in [0.25, 0.3) is 0 Å². The molecule has 2 aromatic carbocycles. The van der Waals surface area contributed by atoms with Crippen molar-refractivity contribution in [2.24, 2.45) is 5.14 Å². The molecule has 0 unspecified atom stereocenters. The lowest BCUT2D eigenvalue weighted by Crippen LogP contribution is -2.15. The number of rotatable bonds is 6. The lowest BCUT2D eigenvalue weighted by atomic mass is 10.2. The molecule has 0 atom stereocenters. The third kappa shape index (κ3) is 5.52. The van der Waals surface area contributed by atoms with E-state index in [2.05, 4.69) is 10.6 Å². The van der Waals surface area contributed by atoms with Crippen molar-refractivity contribution in [1.29, 1.82) is 0 Å². The van der Waals surface area contributed by atoms with Crippen LogP contribution >= 0.6 is 11.6 Å². The fourth-order valence-corrected chi connectivity index (χ4v) is 2.70. The molecular formula is C15H15ClF3N3O2S. The topological polar surface area (TPSA) is 84.2 Å². The Labute approximate surface area is 148 Å². The maximum atomic E-state index is 12.7. The SMILES string of the molecule is NS(=O)(=O)c1ccc(NCCNc2cc(C(F)(F)F)ccc2Cl)cc1. The van der Waals surface area contributed by atoms with Crippen LogP contribution in [0.25, 0.3) is 0 Å². The summed E-state index contributed by atoms with van der Waals surface area (Å²) in [5.41, 5.74) is 0.0399. The van der Waals surface area contributed by atoms with Crippen molar-refractivity contribution < 1.29 is 21.6 Å². The molecule has 0 aromatic heterocycles. The van der Waals surface area contributed by atoms with E-state index < -0.39 is 21.8 Å². The Kier molecular flexibility index (Phi) is 5.81. The van der Waals surface area contributed by atoms with Gasteiger partial charge in [0.1, 0.15) is 0 Å². The van der Waals surface area contributed by atoms with Crippen LogP contribution in [-0.4, -0.2) is 21.5 Å². The van der Waals surface area contributed by atoms with Gasteiger partial charge in [-0.2, -0.15) is 13.2 Å². The first-order valence-electron chi connectivity index (χ1n) is 7.05. The zero-order valence-electron chi connectivity index (χ0n) is 12.8. The molecule has 10 heteroatoms. The Morgan fingerprint density at radius 2 is 1.60 bits per heavy atom. The van der Waals surface area contributed by atoms with Gasteiger partial charge in [-0.3, -0.25) is 0 Å². The van der Waals surface area contributed by atoms with Crippen LogP contribution in [0, 0.1) is 0 Å². The van der Waals surface area contributed by atoms with Gasteiger partial charge < -0.3 is 10.6 Å². The van der Waals surface area contributed by atoms with Crippen molar-refractivity contribution in [3.8, 4) is 0 Å². The minimum absolute atomic E-state index is 0.00748. The number of nitrogens with one attached hydrogen (secondary N) is 2. The Balaban J connectivity index is 1.91. The molecule has 0 amide bonds. The minimum Gasteiger partial charge on any atom is -0.383 e. The number of alkyl halides is 3. The van der Waals surface area contributed by atoms with Crippen LogP contribution in [0.4, 0.5) is 24.5 Å². The molecule has 2 aromatic rings. The highest BCUT2D eigenvalue weighted by molar-refractivity contribution is 7.89. The summed E-state index contributed by atoms with van der Waals surface area (Å²) < 4.78 is 60.4. The van der Waals surface area contributed by atoms with Gasteiger partial charge in [-0.1, -0.05) is 11.6 Å². The van der Waals surface area contributed by atoms with Crippen LogP contribution < -0.4 is 15.8 Å². The largest absolute Gasteiger partial charge is 0.416 e. The maximum absolute atomic E-state index is 12.7. The third-order valence-corrected chi connectivity index (χ3v) is 4.50. The van der Waals surface area contributed by atoms with Gasteiger partial charge in [0.15, 0.2) is 0 Å². The number of nitrogens with two attached hydrogens (primary N) is 1. The van der Waals surface area contributed by atoms with Crippen molar-refractivity contribution in [2.75, 3.05) is 23.7 Å². The second kappa shape index (κ2) is 7.51. The van der Waals surface area contributed by atoms with Crippen LogP contribution in [0.15, 0.2) is 47.4 Å². The molecule has 0 aliphatic heterocycles. The van der Waals surface area contributed by atoms with E-state index in [0.29, 0.717) is 18.8 Å². The van der Waals surface area contributed by atoms with E-state index in [1.165, 1.54) is 30.3 Å². The van der Waals surface area contributed by atoms with Crippen molar-refractivity contribution in [3.05, 3.63) is 53.1 Å². The highest BCUT2D eigenvalue weighted by Gasteiger charge is 2.30. The zero-order chi connectivity index (χ0) is 18.7. The zero-order valence-corrected chi connectivity index (χ0v) is 14.3. The number of sulfonamides is 1. The first-order valence-corrected chi connectivity index (χ1v) is 8.97. The van der Waals surface area contributed by atoms with E-state index in [4.69, 9.17) is 16.7 Å². The average Bonchev–Trinajstić information content (AvgIpc) is 2.51. The Hall–Kier alpha value is -1.97. The minimum atomic E-state index is -4.44. The van der Waals surface area contributed by atoms with Crippen molar-refractivity contribution >= 4 is 33.0 Å². The number of hydrogen-bond donors (Lipinski definition) is 3. The van der Waals surface area contributed by atoms with Crippen LogP contribution in [0.5, 0.6) is 0 Å². The van der Waals surface area contributed by atoms with Gasteiger partial charge in [0, 0.05) is 18.8 Å². The second-order valence-electron chi connectivity index (χ2n) is 5.12. The first kappa shape index (κ1) is 19.4. The lowest BCUT2D eigenvalue weighted by molar-refractivity contribution is -0.137. The van der Waals surface area contributed by atoms with E-state index in [1.807, 2.05) is 0 Å². The molecular weight excluding hydrogens is 379 g/mol. The molecule has 0 saturated heterocycles. The third-order valence-electron chi connectivity index (χ3n) is 3.25. The number of primary sulfonamides is 1. The fraction of sp³-hybridized carbons (Fsp3) is 0.200. The van der Waals surface area contributed by atoms with Crippen molar-refractivity contribution in [2.45, 2.75) is 11.1 Å². The highest BCUT2D eigenvalue weighted by Crippen LogP contribution is 2.33. The number of hydrogen-bond acceptors (Lipinski definition) is 4. The van der Waals surface area contributed by atoms with Gasteiger partial charge in [0.2, 0.25) is 10.0 Å². The summed E-state index contributed by atoms with van der Waals surface area (Å²) in [6.45, 7) is 0.680. The Morgan fingerprint density at radius 3 is 2.16 bits per heavy atom. The van der Waals surface area contributed by atoms with E-state index in [0.717, 1.165) is 12.1 Å². The quantitative estimate of drug-likeness (QED) is 0.655. The van der Waals surface area contributed by atoms with Gasteiger partial charge in [-0.25, -0.2) is 13.6 Å². The Bertz CT molecular complexity index is 840. The van der Waals surface area contributed by atoms with E-state index in [1.54, 1.807) is 0 Å². The predicted octanol–water partition coefficient (Wildman–Crippen LogP) is 3.53. The normalized spacial score (nSPS) is 12.0. The van der Waals surface area contributed by atoms with E-state index in [9.17, 15) is 21.6 Å². The molecule has 0 aliphatic carbocycles. The molecule has 25 heavy (non-hydrogen) atoms. The fourth-order valence-electron chi connectivity index (χ4n) is 2.00. The van der Waals surface area contributed by atoms with Gasteiger partial charge in [-0.15, -0.1) is 0 Å². The molecule has 136 valence electrons. The molecule has 0 fully saturated rings. The predicted molar refractivity (Wildman–Crippen MR) is 91.2 cm³/mol. The molecule has 0 bridgehead atoms. The summed E-state index contributed by atoms with van der Waals surface area (Å²) in [4.78, 5) is -0.00748. The van der Waals surface area contributed by atoms with E-state index in [-0.39, 0.29) is 15.6 Å². The second-order valence-corrected chi connectivity index (χ2v) is 7.08. The molecule has 0 heterocycles. The number of anilines is 2. The summed E-state index contributed by atoms with van der Waals surface area (Å²) >= 11 is 5.88. The van der Waals surface area contributed by atoms with Crippen LogP contribution in [0.1, 0.15) is 5.56 Å². The Morgan fingerprint density at radius 1 is 1.00 bits per heavy atom. The molecule has 0 saturated carbocycles. The molecule has 0 radical (unpaired) electrons. The number of benzene rings is 2. The summed E-state index contributed by atoms with van der Waals surface area (Å²) in [5.74, 6) is 0. The highest BCUT2D eigenvalue weighted by atomic mass is 35.5.